The predicted molar refractivity (Wildman–Crippen MR) is 170 cm³/mol. The Labute approximate surface area is 250 Å². The van der Waals surface area contributed by atoms with Crippen LogP contribution in [0.25, 0.3) is 44.7 Å². The Morgan fingerprint density at radius 1 is 0.930 bits per heavy atom. The van der Waals surface area contributed by atoms with Crippen molar-refractivity contribution in [2.45, 2.75) is 45.0 Å². The first kappa shape index (κ1) is 26.0. The van der Waals surface area contributed by atoms with Crippen LogP contribution in [0.3, 0.4) is 0 Å². The summed E-state index contributed by atoms with van der Waals surface area (Å²) >= 11 is 0. The van der Waals surface area contributed by atoms with E-state index in [0.29, 0.717) is 6.04 Å². The molecule has 1 saturated heterocycles. The van der Waals surface area contributed by atoms with Crippen molar-refractivity contribution < 1.29 is 4.74 Å². The molecule has 8 nitrogen and oxygen atoms in total. The van der Waals surface area contributed by atoms with E-state index in [1.165, 1.54) is 11.8 Å². The summed E-state index contributed by atoms with van der Waals surface area (Å²) in [5.41, 5.74) is 8.67. The number of hydrogen-bond donors (Lipinski definition) is 4. The highest BCUT2D eigenvalue weighted by Crippen LogP contribution is 2.45. The van der Waals surface area contributed by atoms with E-state index in [1.807, 2.05) is 18.5 Å². The average molecular weight is 570 g/mol. The second kappa shape index (κ2) is 10.9. The number of imidazole rings is 2. The minimum Gasteiger partial charge on any atom is -0.465 e. The van der Waals surface area contributed by atoms with Gasteiger partial charge in [-0.15, -0.1) is 0 Å². The molecule has 43 heavy (non-hydrogen) atoms. The lowest BCUT2D eigenvalue weighted by molar-refractivity contribution is 0.173. The molecule has 0 bridgehead atoms. The van der Waals surface area contributed by atoms with E-state index in [9.17, 15) is 0 Å². The van der Waals surface area contributed by atoms with Gasteiger partial charge >= 0.3 is 0 Å². The predicted octanol–water partition coefficient (Wildman–Crippen LogP) is 6.95. The molecule has 0 spiro atoms. The lowest BCUT2D eigenvalue weighted by Gasteiger charge is -2.30. The number of hydrogen-bond acceptors (Lipinski definition) is 5. The highest BCUT2D eigenvalue weighted by molar-refractivity contribution is 5.92. The van der Waals surface area contributed by atoms with Crippen molar-refractivity contribution in [2.75, 3.05) is 13.1 Å². The van der Waals surface area contributed by atoms with E-state index in [0.717, 1.165) is 94.7 Å². The Morgan fingerprint density at radius 3 is 2.63 bits per heavy atom. The van der Waals surface area contributed by atoms with Crippen LogP contribution in [-0.4, -0.2) is 37.6 Å². The van der Waals surface area contributed by atoms with Gasteiger partial charge in [-0.2, -0.15) is 0 Å². The van der Waals surface area contributed by atoms with Gasteiger partial charge in [-0.1, -0.05) is 49.4 Å². The number of ether oxygens (including phenoxy) is 1. The first-order chi connectivity index (χ1) is 21.2. The number of rotatable bonds is 8. The smallest absolute Gasteiger partial charge is 0.203 e. The number of aromatic nitrogens is 5. The van der Waals surface area contributed by atoms with Gasteiger partial charge in [0, 0.05) is 27.6 Å². The quantitative estimate of drug-likeness (QED) is 0.149. The molecule has 0 aliphatic carbocycles. The summed E-state index contributed by atoms with van der Waals surface area (Å²) in [5, 5.41) is 8.12. The molecule has 4 N–H and O–H groups in total. The summed E-state index contributed by atoms with van der Waals surface area (Å²) in [6, 6.07) is 26.2. The maximum Gasteiger partial charge on any atom is 0.203 e. The van der Waals surface area contributed by atoms with E-state index in [2.05, 4.69) is 104 Å². The van der Waals surface area contributed by atoms with Crippen molar-refractivity contribution in [3.63, 3.8) is 0 Å². The van der Waals surface area contributed by atoms with Crippen molar-refractivity contribution in [1.29, 1.82) is 0 Å². The van der Waals surface area contributed by atoms with Crippen LogP contribution < -0.4 is 15.4 Å². The lowest BCUT2D eigenvalue weighted by Crippen LogP contribution is -2.22. The van der Waals surface area contributed by atoms with Crippen LogP contribution in [0.5, 0.6) is 5.75 Å². The fraction of sp³-hybridized carbons (Fsp3) is 0.257. The molecule has 3 aromatic heterocycles. The Hall–Kier alpha value is -4.66. The molecule has 2 aliphatic heterocycles. The molecule has 3 aromatic carbocycles. The van der Waals surface area contributed by atoms with Crippen LogP contribution >= 0.6 is 0 Å². The molecule has 1 fully saturated rings. The second-order valence-corrected chi connectivity index (χ2v) is 11.5. The van der Waals surface area contributed by atoms with Crippen LogP contribution in [0.2, 0.25) is 0 Å². The molecule has 216 valence electrons. The Bertz CT molecular complexity index is 1890. The minimum atomic E-state index is -0.287. The van der Waals surface area contributed by atoms with Crippen LogP contribution in [0.15, 0.2) is 85.2 Å². The third-order valence-electron chi connectivity index (χ3n) is 8.61. The monoisotopic (exact) mass is 569 g/mol. The maximum absolute atomic E-state index is 6.83. The zero-order valence-corrected chi connectivity index (χ0v) is 24.2. The third-order valence-corrected chi connectivity index (χ3v) is 8.61. The van der Waals surface area contributed by atoms with E-state index in [1.54, 1.807) is 0 Å². The minimum absolute atomic E-state index is 0.287. The van der Waals surface area contributed by atoms with E-state index >= 15 is 0 Å². The summed E-state index contributed by atoms with van der Waals surface area (Å²) in [6.45, 7) is 4.92. The highest BCUT2D eigenvalue weighted by atomic mass is 16.5. The molecular formula is C35H35N7O. The molecule has 6 aromatic rings. The van der Waals surface area contributed by atoms with Crippen molar-refractivity contribution in [3.05, 3.63) is 102 Å². The standard InChI is InChI=1S/C35H35N7O/c1-2-14-36-21-33-38-19-28(40-33)24-10-12-26-31-17-25-16-23(29-20-39-34(41-29)27-9-6-15-37-27)11-13-30(25)42(31)35(43-32(26)18-24)22-7-4-3-5-8-22/h3-5,7-8,10-13,16-20,27,35-37H,2,6,9,14-15,21H2,1H3,(H,38,40)(H,39,41). The molecule has 8 heteroatoms. The number of nitrogens with zero attached hydrogens (tertiary/aromatic N) is 3. The molecule has 8 rings (SSSR count). The van der Waals surface area contributed by atoms with Crippen molar-refractivity contribution in [2.24, 2.45) is 0 Å². The van der Waals surface area contributed by atoms with Gasteiger partial charge in [-0.25, -0.2) is 9.97 Å². The average Bonchev–Trinajstić information content (AvgIpc) is 3.87. The van der Waals surface area contributed by atoms with Gasteiger partial charge in [-0.3, -0.25) is 0 Å². The van der Waals surface area contributed by atoms with E-state index in [-0.39, 0.29) is 6.23 Å². The molecule has 5 heterocycles. The zero-order chi connectivity index (χ0) is 28.8. The highest BCUT2D eigenvalue weighted by Gasteiger charge is 2.29. The topological polar surface area (TPSA) is 95.6 Å². The summed E-state index contributed by atoms with van der Waals surface area (Å²) in [6.07, 6.45) is 6.99. The van der Waals surface area contributed by atoms with Gasteiger partial charge in [0.2, 0.25) is 6.23 Å². The summed E-state index contributed by atoms with van der Waals surface area (Å²) in [7, 11) is 0. The first-order valence-electron chi connectivity index (χ1n) is 15.3. The summed E-state index contributed by atoms with van der Waals surface area (Å²) in [4.78, 5) is 16.3. The zero-order valence-electron chi connectivity index (χ0n) is 24.2. The summed E-state index contributed by atoms with van der Waals surface area (Å²) in [5.74, 6) is 2.82. The molecule has 2 aliphatic rings. The van der Waals surface area contributed by atoms with E-state index in [4.69, 9.17) is 9.72 Å². The van der Waals surface area contributed by atoms with Gasteiger partial charge in [0.05, 0.1) is 47.6 Å². The van der Waals surface area contributed by atoms with Gasteiger partial charge in [0.15, 0.2) is 0 Å². The summed E-state index contributed by atoms with van der Waals surface area (Å²) < 4.78 is 9.15. The van der Waals surface area contributed by atoms with Crippen molar-refractivity contribution in [1.82, 2.24) is 35.1 Å². The van der Waals surface area contributed by atoms with Crippen molar-refractivity contribution >= 4 is 10.9 Å². The van der Waals surface area contributed by atoms with Gasteiger partial charge in [0.1, 0.15) is 17.4 Å². The van der Waals surface area contributed by atoms with Crippen LogP contribution in [0.4, 0.5) is 0 Å². The maximum atomic E-state index is 6.83. The Kier molecular flexibility index (Phi) is 6.58. The van der Waals surface area contributed by atoms with Crippen LogP contribution in [0, 0.1) is 0 Å². The van der Waals surface area contributed by atoms with Crippen molar-refractivity contribution in [3.8, 4) is 39.5 Å². The first-order valence-corrected chi connectivity index (χ1v) is 15.3. The molecular weight excluding hydrogens is 534 g/mol. The second-order valence-electron chi connectivity index (χ2n) is 11.5. The number of H-pyrrole nitrogens is 2. The fourth-order valence-electron chi connectivity index (χ4n) is 6.43. The molecule has 2 atom stereocenters. The Morgan fingerprint density at radius 2 is 1.77 bits per heavy atom. The lowest BCUT2D eigenvalue weighted by atomic mass is 10.0. The number of fused-ring (bicyclic) bond motifs is 5. The van der Waals surface area contributed by atoms with Crippen LogP contribution in [-0.2, 0) is 6.54 Å². The normalized spacial score (nSPS) is 17.6. The number of nitrogens with one attached hydrogen (secondary N) is 4. The SMILES string of the molecule is CCCNCc1ncc(-c2ccc3c(c2)OC(c2ccccc2)n2c-3cc3cc(-c4cnc(C5CCCN5)[nH]4)ccc32)[nH]1. The number of aromatic amines is 2. The van der Waals surface area contributed by atoms with Gasteiger partial charge < -0.3 is 29.9 Å². The molecule has 0 radical (unpaired) electrons. The molecule has 0 saturated carbocycles. The molecule has 2 unspecified atom stereocenters. The fourth-order valence-corrected chi connectivity index (χ4v) is 6.43. The largest absolute Gasteiger partial charge is 0.465 e. The van der Waals surface area contributed by atoms with Crippen LogP contribution in [0.1, 0.15) is 55.7 Å². The van der Waals surface area contributed by atoms with Gasteiger partial charge in [-0.05, 0) is 62.7 Å². The van der Waals surface area contributed by atoms with E-state index < -0.39 is 0 Å². The Balaban J connectivity index is 1.19. The number of benzene rings is 3. The third kappa shape index (κ3) is 4.73. The van der Waals surface area contributed by atoms with Gasteiger partial charge in [0.25, 0.3) is 0 Å². The molecule has 0 amide bonds.